The van der Waals surface area contributed by atoms with Crippen molar-refractivity contribution in [1.82, 2.24) is 4.90 Å². The summed E-state index contributed by atoms with van der Waals surface area (Å²) in [5.41, 5.74) is 1.26. The standard InChI is InChI=1S/C16H23NO/c1-5-17(6-2)16(13-12-14(3)4)18-15-10-8-7-9-11-15/h7-13H,5-6H2,1-4H3/b16-13+. The molecular weight excluding hydrogens is 222 g/mol. The van der Waals surface area contributed by atoms with Crippen molar-refractivity contribution >= 4 is 0 Å². The van der Waals surface area contributed by atoms with Crippen molar-refractivity contribution in [2.45, 2.75) is 27.7 Å². The van der Waals surface area contributed by atoms with Gasteiger partial charge >= 0.3 is 0 Å². The quantitative estimate of drug-likeness (QED) is 0.549. The molecule has 0 unspecified atom stereocenters. The summed E-state index contributed by atoms with van der Waals surface area (Å²) in [7, 11) is 0. The molecule has 0 atom stereocenters. The van der Waals surface area contributed by atoms with E-state index in [1.165, 1.54) is 5.57 Å². The molecule has 98 valence electrons. The SMILES string of the molecule is CCN(CC)/C(=C\C=C(C)C)Oc1ccccc1. The third-order valence-electron chi connectivity index (χ3n) is 2.60. The zero-order chi connectivity index (χ0) is 13.4. The Morgan fingerprint density at radius 3 is 2.17 bits per heavy atom. The second-order valence-corrected chi connectivity index (χ2v) is 4.34. The fourth-order valence-corrected chi connectivity index (χ4v) is 1.59. The molecule has 1 aromatic rings. The van der Waals surface area contributed by atoms with Crippen molar-refractivity contribution in [3.05, 3.63) is 53.9 Å². The summed E-state index contributed by atoms with van der Waals surface area (Å²) < 4.78 is 5.95. The summed E-state index contributed by atoms with van der Waals surface area (Å²) in [4.78, 5) is 2.20. The minimum absolute atomic E-state index is 0.873. The largest absolute Gasteiger partial charge is 0.441 e. The molecule has 0 saturated carbocycles. The summed E-state index contributed by atoms with van der Waals surface area (Å²) in [5, 5.41) is 0. The number of hydrogen-bond donors (Lipinski definition) is 0. The maximum Gasteiger partial charge on any atom is 0.195 e. The van der Waals surface area contributed by atoms with E-state index in [2.05, 4.69) is 38.7 Å². The van der Waals surface area contributed by atoms with Gasteiger partial charge in [-0.2, -0.15) is 0 Å². The highest BCUT2D eigenvalue weighted by atomic mass is 16.5. The van der Waals surface area contributed by atoms with Gasteiger partial charge in [-0.25, -0.2) is 0 Å². The molecule has 0 heterocycles. The Labute approximate surface area is 111 Å². The molecule has 0 bridgehead atoms. The first kappa shape index (κ1) is 14.4. The van der Waals surface area contributed by atoms with Crippen LogP contribution < -0.4 is 4.74 Å². The summed E-state index contributed by atoms with van der Waals surface area (Å²) >= 11 is 0. The van der Waals surface area contributed by atoms with E-state index in [9.17, 15) is 0 Å². The van der Waals surface area contributed by atoms with Crippen LogP contribution in [0.3, 0.4) is 0 Å². The summed E-state index contributed by atoms with van der Waals surface area (Å²) in [6.07, 6.45) is 4.12. The topological polar surface area (TPSA) is 12.5 Å². The van der Waals surface area contributed by atoms with Crippen LogP contribution in [0.1, 0.15) is 27.7 Å². The fraction of sp³-hybridized carbons (Fsp3) is 0.375. The lowest BCUT2D eigenvalue weighted by molar-refractivity contribution is 0.231. The minimum Gasteiger partial charge on any atom is -0.441 e. The second kappa shape index (κ2) is 7.59. The number of para-hydroxylation sites is 1. The van der Waals surface area contributed by atoms with Crippen molar-refractivity contribution in [2.24, 2.45) is 0 Å². The first-order chi connectivity index (χ1) is 8.67. The summed E-state index contributed by atoms with van der Waals surface area (Å²) in [6.45, 7) is 10.3. The molecule has 0 saturated heterocycles. The Morgan fingerprint density at radius 2 is 1.67 bits per heavy atom. The highest BCUT2D eigenvalue weighted by Gasteiger charge is 2.07. The van der Waals surface area contributed by atoms with Gasteiger partial charge in [0.05, 0.1) is 0 Å². The van der Waals surface area contributed by atoms with E-state index in [1.807, 2.05) is 36.4 Å². The molecule has 0 radical (unpaired) electrons. The van der Waals surface area contributed by atoms with Crippen LogP contribution in [-0.4, -0.2) is 18.0 Å². The molecule has 2 nitrogen and oxygen atoms in total. The van der Waals surface area contributed by atoms with Gasteiger partial charge in [-0.3, -0.25) is 0 Å². The molecule has 0 amide bonds. The van der Waals surface area contributed by atoms with Crippen molar-refractivity contribution in [3.8, 4) is 5.75 Å². The Bertz CT molecular complexity index is 398. The maximum absolute atomic E-state index is 5.95. The van der Waals surface area contributed by atoms with E-state index in [0.29, 0.717) is 0 Å². The third kappa shape index (κ3) is 4.66. The average molecular weight is 245 g/mol. The number of hydrogen-bond acceptors (Lipinski definition) is 2. The Balaban J connectivity index is 2.91. The molecule has 0 aliphatic rings. The Kier molecular flexibility index (Phi) is 6.06. The van der Waals surface area contributed by atoms with Crippen molar-refractivity contribution in [2.75, 3.05) is 13.1 Å². The predicted octanol–water partition coefficient (Wildman–Crippen LogP) is 4.21. The normalized spacial score (nSPS) is 11.0. The molecular formula is C16H23NO. The molecule has 0 aromatic heterocycles. The average Bonchev–Trinajstić information content (AvgIpc) is 2.38. The monoisotopic (exact) mass is 245 g/mol. The molecule has 0 fully saturated rings. The lowest BCUT2D eigenvalue weighted by atomic mass is 10.3. The lowest BCUT2D eigenvalue weighted by Gasteiger charge is -2.23. The van der Waals surface area contributed by atoms with Crippen molar-refractivity contribution < 1.29 is 4.74 Å². The van der Waals surface area contributed by atoms with Crippen LogP contribution in [-0.2, 0) is 0 Å². The van der Waals surface area contributed by atoms with Crippen LogP contribution >= 0.6 is 0 Å². The van der Waals surface area contributed by atoms with Crippen LogP contribution in [0.4, 0.5) is 0 Å². The maximum atomic E-state index is 5.95. The van der Waals surface area contributed by atoms with E-state index >= 15 is 0 Å². The number of rotatable bonds is 6. The molecule has 18 heavy (non-hydrogen) atoms. The Hall–Kier alpha value is -1.70. The lowest BCUT2D eigenvalue weighted by Crippen LogP contribution is -2.25. The first-order valence-corrected chi connectivity index (χ1v) is 6.50. The van der Waals surface area contributed by atoms with Gasteiger partial charge in [-0.1, -0.05) is 29.8 Å². The molecule has 0 spiro atoms. The predicted molar refractivity (Wildman–Crippen MR) is 77.5 cm³/mol. The van der Waals surface area contributed by atoms with E-state index in [1.54, 1.807) is 0 Å². The van der Waals surface area contributed by atoms with E-state index in [4.69, 9.17) is 4.74 Å². The highest BCUT2D eigenvalue weighted by Crippen LogP contribution is 2.15. The minimum atomic E-state index is 0.873. The highest BCUT2D eigenvalue weighted by molar-refractivity contribution is 5.24. The summed E-state index contributed by atoms with van der Waals surface area (Å²) in [6, 6.07) is 9.90. The van der Waals surface area contributed by atoms with E-state index in [-0.39, 0.29) is 0 Å². The van der Waals surface area contributed by atoms with Crippen molar-refractivity contribution in [1.29, 1.82) is 0 Å². The van der Waals surface area contributed by atoms with Crippen LogP contribution in [0, 0.1) is 0 Å². The van der Waals surface area contributed by atoms with Gasteiger partial charge < -0.3 is 9.64 Å². The number of ether oxygens (including phenoxy) is 1. The molecule has 1 aromatic carbocycles. The molecule has 0 aliphatic heterocycles. The number of benzene rings is 1. The van der Waals surface area contributed by atoms with Crippen LogP contribution in [0.2, 0.25) is 0 Å². The van der Waals surface area contributed by atoms with Gasteiger partial charge in [-0.05, 0) is 45.9 Å². The Morgan fingerprint density at radius 1 is 1.06 bits per heavy atom. The smallest absolute Gasteiger partial charge is 0.195 e. The zero-order valence-corrected chi connectivity index (χ0v) is 11.8. The first-order valence-electron chi connectivity index (χ1n) is 6.50. The van der Waals surface area contributed by atoms with Gasteiger partial charge in [0.25, 0.3) is 0 Å². The van der Waals surface area contributed by atoms with Crippen LogP contribution in [0.15, 0.2) is 53.9 Å². The van der Waals surface area contributed by atoms with Gasteiger partial charge in [0.2, 0.25) is 0 Å². The molecule has 1 rings (SSSR count). The third-order valence-corrected chi connectivity index (χ3v) is 2.60. The molecule has 2 heteroatoms. The van der Waals surface area contributed by atoms with Gasteiger partial charge in [0.15, 0.2) is 5.88 Å². The second-order valence-electron chi connectivity index (χ2n) is 4.34. The van der Waals surface area contributed by atoms with Gasteiger partial charge in [-0.15, -0.1) is 0 Å². The van der Waals surface area contributed by atoms with Crippen LogP contribution in [0.5, 0.6) is 5.75 Å². The van der Waals surface area contributed by atoms with E-state index in [0.717, 1.165) is 24.7 Å². The van der Waals surface area contributed by atoms with Crippen LogP contribution in [0.25, 0.3) is 0 Å². The van der Waals surface area contributed by atoms with Gasteiger partial charge in [0, 0.05) is 13.1 Å². The molecule has 0 N–H and O–H groups in total. The zero-order valence-electron chi connectivity index (χ0n) is 11.8. The molecule has 0 aliphatic carbocycles. The van der Waals surface area contributed by atoms with Crippen molar-refractivity contribution in [3.63, 3.8) is 0 Å². The van der Waals surface area contributed by atoms with Gasteiger partial charge in [0.1, 0.15) is 5.75 Å². The number of allylic oxidation sites excluding steroid dienone is 3. The summed E-state index contributed by atoms with van der Waals surface area (Å²) in [5.74, 6) is 1.77. The number of nitrogens with zero attached hydrogens (tertiary/aromatic N) is 1. The fourth-order valence-electron chi connectivity index (χ4n) is 1.59. The van der Waals surface area contributed by atoms with E-state index < -0.39 is 0 Å².